The number of hydrogen-bond donors (Lipinski definition) is 3. The maximum Gasteiger partial charge on any atom is 0.322 e. The summed E-state index contributed by atoms with van der Waals surface area (Å²) in [5.41, 5.74) is -1.58. The van der Waals surface area contributed by atoms with Crippen molar-refractivity contribution in [1.82, 2.24) is 10.6 Å². The van der Waals surface area contributed by atoms with E-state index in [4.69, 9.17) is 5.11 Å². The number of carboxylic acids is 1. The van der Waals surface area contributed by atoms with E-state index in [0.29, 0.717) is 0 Å². The first-order chi connectivity index (χ1) is 7.79. The number of hydrogen-bond acceptors (Lipinski definition) is 5. The lowest BCUT2D eigenvalue weighted by Crippen LogP contribution is -2.52. The topological polar surface area (TPSA) is 130 Å². The van der Waals surface area contributed by atoms with Crippen LogP contribution in [0.15, 0.2) is 0 Å². The van der Waals surface area contributed by atoms with Gasteiger partial charge in [-0.1, -0.05) is 0 Å². The molecule has 17 heavy (non-hydrogen) atoms. The molecule has 92 valence electrons. The number of amides is 3. The van der Waals surface area contributed by atoms with E-state index in [1.165, 1.54) is 0 Å². The molecule has 0 aromatic rings. The summed E-state index contributed by atoms with van der Waals surface area (Å²) in [6.45, 7) is 0. The SMILES string of the molecule is O=C1NC(=O)[C@@]2(CS(=O)(=O)[C@H]3[C@H](C(=O)O)[C@H]32)N1. The van der Waals surface area contributed by atoms with E-state index >= 15 is 0 Å². The average Bonchev–Trinajstić information content (AvgIpc) is 2.79. The third-order valence-corrected chi connectivity index (χ3v) is 5.89. The summed E-state index contributed by atoms with van der Waals surface area (Å²) in [6, 6.07) is -0.776. The molecule has 3 amide bonds. The fourth-order valence-corrected chi connectivity index (χ4v) is 5.68. The van der Waals surface area contributed by atoms with Crippen molar-refractivity contribution in [2.45, 2.75) is 10.8 Å². The molecule has 1 spiro atoms. The molecule has 1 saturated carbocycles. The Balaban J connectivity index is 2.08. The molecule has 3 rings (SSSR count). The van der Waals surface area contributed by atoms with Crippen LogP contribution in [0.1, 0.15) is 0 Å². The van der Waals surface area contributed by atoms with E-state index in [9.17, 15) is 22.8 Å². The van der Waals surface area contributed by atoms with Gasteiger partial charge in [-0.15, -0.1) is 0 Å². The largest absolute Gasteiger partial charge is 0.481 e. The van der Waals surface area contributed by atoms with E-state index < -0.39 is 56.1 Å². The summed E-state index contributed by atoms with van der Waals surface area (Å²) in [6.07, 6.45) is 0. The normalized spacial score (nSPS) is 45.3. The fourth-order valence-electron chi connectivity index (χ4n) is 2.96. The van der Waals surface area contributed by atoms with Crippen LogP contribution in [0.2, 0.25) is 0 Å². The molecular weight excluding hydrogens is 252 g/mol. The quantitative estimate of drug-likeness (QED) is 0.454. The van der Waals surface area contributed by atoms with Gasteiger partial charge in [0.1, 0.15) is 5.54 Å². The van der Waals surface area contributed by atoms with Crippen molar-refractivity contribution in [3.8, 4) is 0 Å². The molecule has 3 N–H and O–H groups in total. The van der Waals surface area contributed by atoms with Crippen LogP contribution in [0, 0.1) is 11.8 Å². The number of sulfone groups is 1. The Hall–Kier alpha value is -1.64. The average molecular weight is 260 g/mol. The van der Waals surface area contributed by atoms with Crippen LogP contribution in [0.4, 0.5) is 4.79 Å². The zero-order valence-corrected chi connectivity index (χ0v) is 9.15. The number of rotatable bonds is 1. The second-order valence-electron chi connectivity index (χ2n) is 4.54. The van der Waals surface area contributed by atoms with Crippen LogP contribution in [-0.4, -0.2) is 48.0 Å². The molecule has 0 aromatic carbocycles. The number of carbonyl (C=O) groups excluding carboxylic acids is 2. The summed E-state index contributed by atoms with van der Waals surface area (Å²) in [4.78, 5) is 33.6. The molecule has 4 atom stereocenters. The second kappa shape index (κ2) is 2.61. The van der Waals surface area contributed by atoms with E-state index in [1.807, 2.05) is 5.32 Å². The standard InChI is InChI=1S/C8H8N2O6S/c11-5(12)2-3-4(2)17(15,16)1-8(3)6(13)9-7(14)10-8/h2-4H,1H2,(H,11,12)(H2,9,10,13,14)/t2-,3-,4+,8+/m1/s1. The first-order valence-corrected chi connectivity index (χ1v) is 6.59. The molecule has 1 aliphatic carbocycles. The molecule has 9 heteroatoms. The van der Waals surface area contributed by atoms with Gasteiger partial charge < -0.3 is 10.4 Å². The molecule has 2 saturated heterocycles. The van der Waals surface area contributed by atoms with Gasteiger partial charge in [-0.3, -0.25) is 14.9 Å². The van der Waals surface area contributed by atoms with Gasteiger partial charge in [0.15, 0.2) is 9.84 Å². The maximum absolute atomic E-state index is 11.7. The highest BCUT2D eigenvalue weighted by Crippen LogP contribution is 2.58. The molecule has 0 bridgehead atoms. The van der Waals surface area contributed by atoms with E-state index in [2.05, 4.69) is 5.32 Å². The molecule has 0 aromatic heterocycles. The van der Waals surface area contributed by atoms with Crippen molar-refractivity contribution in [3.63, 3.8) is 0 Å². The summed E-state index contributed by atoms with van der Waals surface area (Å²) >= 11 is 0. The van der Waals surface area contributed by atoms with Crippen LogP contribution < -0.4 is 10.6 Å². The lowest BCUT2D eigenvalue weighted by Gasteiger charge is -2.21. The number of carbonyl (C=O) groups is 3. The zero-order valence-electron chi connectivity index (χ0n) is 8.34. The number of imide groups is 1. The van der Waals surface area contributed by atoms with Gasteiger partial charge >= 0.3 is 12.0 Å². The monoisotopic (exact) mass is 260 g/mol. The predicted molar refractivity (Wildman–Crippen MR) is 51.6 cm³/mol. The van der Waals surface area contributed by atoms with Crippen molar-refractivity contribution in [3.05, 3.63) is 0 Å². The molecule has 3 aliphatic rings. The number of aliphatic carboxylic acids is 1. The summed E-state index contributed by atoms with van der Waals surface area (Å²) in [5.74, 6) is -4.47. The molecule has 0 unspecified atom stereocenters. The smallest absolute Gasteiger partial charge is 0.322 e. The van der Waals surface area contributed by atoms with Gasteiger partial charge in [0.05, 0.1) is 16.9 Å². The van der Waals surface area contributed by atoms with Crippen LogP contribution in [0.5, 0.6) is 0 Å². The van der Waals surface area contributed by atoms with E-state index in [1.54, 1.807) is 0 Å². The van der Waals surface area contributed by atoms with E-state index in [-0.39, 0.29) is 0 Å². The Labute approximate surface area is 95.3 Å². The highest BCUT2D eigenvalue weighted by Gasteiger charge is 2.80. The number of carboxylic acid groups (broad SMARTS) is 1. The third-order valence-electron chi connectivity index (χ3n) is 3.62. The maximum atomic E-state index is 11.7. The molecule has 3 fully saturated rings. The van der Waals surface area contributed by atoms with Gasteiger partial charge in [0.25, 0.3) is 5.91 Å². The minimum atomic E-state index is -3.65. The van der Waals surface area contributed by atoms with Crippen LogP contribution in [-0.2, 0) is 19.4 Å². The van der Waals surface area contributed by atoms with Gasteiger partial charge in [0, 0.05) is 5.92 Å². The van der Waals surface area contributed by atoms with Crippen LogP contribution in [0.3, 0.4) is 0 Å². The Morgan fingerprint density at radius 3 is 2.47 bits per heavy atom. The first-order valence-electron chi connectivity index (χ1n) is 4.87. The molecule has 2 heterocycles. The lowest BCUT2D eigenvalue weighted by molar-refractivity contribution is -0.139. The number of nitrogens with one attached hydrogen (secondary N) is 2. The Morgan fingerprint density at radius 2 is 2.06 bits per heavy atom. The van der Waals surface area contributed by atoms with E-state index in [0.717, 1.165) is 0 Å². The van der Waals surface area contributed by atoms with Gasteiger partial charge in [0.2, 0.25) is 0 Å². The second-order valence-corrected chi connectivity index (χ2v) is 6.70. The molecular formula is C8H8N2O6S. The van der Waals surface area contributed by atoms with Crippen molar-refractivity contribution < 1.29 is 27.9 Å². The van der Waals surface area contributed by atoms with Crippen LogP contribution >= 0.6 is 0 Å². The van der Waals surface area contributed by atoms with Gasteiger partial charge in [-0.2, -0.15) is 0 Å². The Morgan fingerprint density at radius 1 is 1.41 bits per heavy atom. The molecule has 2 aliphatic heterocycles. The van der Waals surface area contributed by atoms with Crippen molar-refractivity contribution >= 4 is 27.7 Å². The van der Waals surface area contributed by atoms with Crippen molar-refractivity contribution in [2.24, 2.45) is 11.8 Å². The minimum Gasteiger partial charge on any atom is -0.481 e. The number of urea groups is 1. The third kappa shape index (κ3) is 1.07. The number of fused-ring (bicyclic) bond motifs is 2. The van der Waals surface area contributed by atoms with Gasteiger partial charge in [-0.05, 0) is 0 Å². The summed E-state index contributed by atoms with van der Waals surface area (Å²) in [7, 11) is -3.65. The Kier molecular flexibility index (Phi) is 1.61. The zero-order chi connectivity index (χ0) is 12.6. The first kappa shape index (κ1) is 10.5. The molecule has 8 nitrogen and oxygen atoms in total. The fraction of sp³-hybridized carbons (Fsp3) is 0.625. The lowest BCUT2D eigenvalue weighted by atomic mass is 9.94. The van der Waals surface area contributed by atoms with Gasteiger partial charge in [-0.25, -0.2) is 13.2 Å². The highest BCUT2D eigenvalue weighted by atomic mass is 32.2. The van der Waals surface area contributed by atoms with Crippen molar-refractivity contribution in [1.29, 1.82) is 0 Å². The summed E-state index contributed by atoms with van der Waals surface area (Å²) in [5, 5.41) is 12.1. The molecule has 0 radical (unpaired) electrons. The summed E-state index contributed by atoms with van der Waals surface area (Å²) < 4.78 is 23.5. The Bertz CT molecular complexity index is 569. The van der Waals surface area contributed by atoms with Crippen LogP contribution in [0.25, 0.3) is 0 Å². The van der Waals surface area contributed by atoms with Crippen molar-refractivity contribution in [2.75, 3.05) is 5.75 Å². The highest BCUT2D eigenvalue weighted by molar-refractivity contribution is 7.92. The predicted octanol–water partition coefficient (Wildman–Crippen LogP) is -2.31. The minimum absolute atomic E-state index is 0.517.